The maximum atomic E-state index is 11.5. The molecule has 0 radical (unpaired) electrons. The van der Waals surface area contributed by atoms with E-state index in [2.05, 4.69) is 0 Å². The van der Waals surface area contributed by atoms with Crippen LogP contribution in [0.2, 0.25) is 0 Å². The number of methoxy groups -OCH3 is 1. The second kappa shape index (κ2) is 6.19. The van der Waals surface area contributed by atoms with Gasteiger partial charge in [0.05, 0.1) is 7.11 Å². The number of hydrogen-bond donors (Lipinski definition) is 1. The Labute approximate surface area is 89.7 Å². The molecule has 15 heavy (non-hydrogen) atoms. The van der Waals surface area contributed by atoms with E-state index in [0.717, 1.165) is 11.3 Å². The summed E-state index contributed by atoms with van der Waals surface area (Å²) in [4.78, 5) is 11.5. The Morgan fingerprint density at radius 2 is 2.13 bits per heavy atom. The van der Waals surface area contributed by atoms with Gasteiger partial charge in [0.2, 0.25) is 0 Å². The molecule has 0 aliphatic rings. The lowest BCUT2D eigenvalue weighted by atomic mass is 10.1. The molecule has 1 aromatic rings. The predicted molar refractivity (Wildman–Crippen MR) is 58.0 cm³/mol. The summed E-state index contributed by atoms with van der Waals surface area (Å²) in [5, 5.41) is 8.61. The molecule has 3 heteroatoms. The Balaban J connectivity index is 2.59. The first-order valence-corrected chi connectivity index (χ1v) is 5.02. The molecule has 0 saturated carbocycles. The van der Waals surface area contributed by atoms with Crippen molar-refractivity contribution in [1.29, 1.82) is 0 Å². The van der Waals surface area contributed by atoms with Gasteiger partial charge in [0.1, 0.15) is 11.5 Å². The van der Waals surface area contributed by atoms with Crippen molar-refractivity contribution in [3.8, 4) is 5.75 Å². The number of carbonyl (C=O) groups is 1. The van der Waals surface area contributed by atoms with Gasteiger partial charge in [-0.15, -0.1) is 0 Å². The molecule has 0 fully saturated rings. The third-order valence-corrected chi connectivity index (χ3v) is 2.19. The van der Waals surface area contributed by atoms with Gasteiger partial charge in [-0.1, -0.05) is 18.2 Å². The van der Waals surface area contributed by atoms with Gasteiger partial charge in [0.15, 0.2) is 0 Å². The van der Waals surface area contributed by atoms with Gasteiger partial charge in [0.25, 0.3) is 0 Å². The van der Waals surface area contributed by atoms with Crippen LogP contribution in [0.15, 0.2) is 24.3 Å². The Kier molecular flexibility index (Phi) is 4.84. The number of ketones is 1. The number of Topliss-reactive ketones (excluding diaryl/α,β-unsaturated/α-hetero) is 1. The molecule has 1 rings (SSSR count). The third kappa shape index (κ3) is 3.72. The third-order valence-electron chi connectivity index (χ3n) is 2.19. The van der Waals surface area contributed by atoms with Gasteiger partial charge in [0, 0.05) is 25.0 Å². The van der Waals surface area contributed by atoms with Gasteiger partial charge in [-0.2, -0.15) is 0 Å². The molecule has 0 unspecified atom stereocenters. The fourth-order valence-corrected chi connectivity index (χ4v) is 1.43. The molecule has 1 aromatic carbocycles. The fourth-order valence-electron chi connectivity index (χ4n) is 1.43. The number of aliphatic hydroxyl groups is 1. The van der Waals surface area contributed by atoms with Crippen LogP contribution in [0.25, 0.3) is 0 Å². The highest BCUT2D eigenvalue weighted by Crippen LogP contribution is 2.18. The van der Waals surface area contributed by atoms with Crippen molar-refractivity contribution in [2.45, 2.75) is 19.3 Å². The summed E-state index contributed by atoms with van der Waals surface area (Å²) < 4.78 is 5.15. The number of aliphatic hydroxyl groups excluding tert-OH is 1. The molecule has 0 saturated heterocycles. The van der Waals surface area contributed by atoms with E-state index in [-0.39, 0.29) is 12.4 Å². The normalized spacial score (nSPS) is 10.0. The lowest BCUT2D eigenvalue weighted by Gasteiger charge is -2.06. The monoisotopic (exact) mass is 208 g/mol. The van der Waals surface area contributed by atoms with Crippen LogP contribution in [-0.2, 0) is 11.2 Å². The smallest absolute Gasteiger partial charge is 0.137 e. The summed E-state index contributed by atoms with van der Waals surface area (Å²) >= 11 is 0. The van der Waals surface area contributed by atoms with Gasteiger partial charge in [-0.05, 0) is 12.5 Å². The minimum Gasteiger partial charge on any atom is -0.496 e. The fraction of sp³-hybridized carbons (Fsp3) is 0.417. The average molecular weight is 208 g/mol. The molecule has 0 aliphatic carbocycles. The molecule has 1 N–H and O–H groups in total. The largest absolute Gasteiger partial charge is 0.496 e. The van der Waals surface area contributed by atoms with E-state index in [1.165, 1.54) is 0 Å². The van der Waals surface area contributed by atoms with E-state index >= 15 is 0 Å². The van der Waals surface area contributed by atoms with Crippen molar-refractivity contribution in [3.05, 3.63) is 29.8 Å². The first-order valence-electron chi connectivity index (χ1n) is 5.02. The van der Waals surface area contributed by atoms with E-state index in [0.29, 0.717) is 19.3 Å². The first kappa shape index (κ1) is 11.7. The Morgan fingerprint density at radius 1 is 1.40 bits per heavy atom. The zero-order chi connectivity index (χ0) is 11.1. The molecular weight excluding hydrogens is 192 g/mol. The van der Waals surface area contributed by atoms with Crippen molar-refractivity contribution in [2.24, 2.45) is 0 Å². The SMILES string of the molecule is COc1ccccc1CC(=O)CCCO. The van der Waals surface area contributed by atoms with Gasteiger partial charge in [-0.3, -0.25) is 4.79 Å². The van der Waals surface area contributed by atoms with Crippen LogP contribution in [0.5, 0.6) is 5.75 Å². The summed E-state index contributed by atoms with van der Waals surface area (Å²) in [7, 11) is 1.59. The minimum atomic E-state index is 0.0671. The molecule has 0 atom stereocenters. The second-order valence-electron chi connectivity index (χ2n) is 3.35. The molecule has 3 nitrogen and oxygen atoms in total. The topological polar surface area (TPSA) is 46.5 Å². The number of benzene rings is 1. The highest BCUT2D eigenvalue weighted by Gasteiger charge is 2.07. The van der Waals surface area contributed by atoms with Crippen molar-refractivity contribution in [2.75, 3.05) is 13.7 Å². The van der Waals surface area contributed by atoms with Crippen molar-refractivity contribution >= 4 is 5.78 Å². The Bertz CT molecular complexity index is 320. The number of carbonyl (C=O) groups excluding carboxylic acids is 1. The van der Waals surface area contributed by atoms with Crippen LogP contribution in [0.1, 0.15) is 18.4 Å². The van der Waals surface area contributed by atoms with E-state index < -0.39 is 0 Å². The van der Waals surface area contributed by atoms with Crippen LogP contribution in [-0.4, -0.2) is 24.6 Å². The molecule has 0 heterocycles. The summed E-state index contributed by atoms with van der Waals surface area (Å²) in [5.41, 5.74) is 0.905. The Morgan fingerprint density at radius 3 is 2.80 bits per heavy atom. The molecular formula is C12H16O3. The standard InChI is InChI=1S/C12H16O3/c1-15-12-7-3-2-5-10(12)9-11(14)6-4-8-13/h2-3,5,7,13H,4,6,8-9H2,1H3. The zero-order valence-corrected chi connectivity index (χ0v) is 8.90. The van der Waals surface area contributed by atoms with E-state index in [1.54, 1.807) is 7.11 Å². The first-order chi connectivity index (χ1) is 7.27. The van der Waals surface area contributed by atoms with Crippen molar-refractivity contribution in [1.82, 2.24) is 0 Å². The van der Waals surface area contributed by atoms with E-state index in [9.17, 15) is 4.79 Å². The Hall–Kier alpha value is -1.35. The summed E-state index contributed by atoms with van der Waals surface area (Å²) in [6.07, 6.45) is 1.34. The number of hydrogen-bond acceptors (Lipinski definition) is 3. The highest BCUT2D eigenvalue weighted by atomic mass is 16.5. The van der Waals surface area contributed by atoms with Crippen LogP contribution in [0, 0.1) is 0 Å². The number of para-hydroxylation sites is 1. The van der Waals surface area contributed by atoms with E-state index in [4.69, 9.17) is 9.84 Å². The maximum absolute atomic E-state index is 11.5. The molecule has 0 bridgehead atoms. The molecule has 0 aromatic heterocycles. The van der Waals surface area contributed by atoms with E-state index in [1.807, 2.05) is 24.3 Å². The van der Waals surface area contributed by atoms with Crippen molar-refractivity contribution in [3.63, 3.8) is 0 Å². The summed E-state index contributed by atoms with van der Waals surface area (Å²) in [5.74, 6) is 0.878. The van der Waals surface area contributed by atoms with Gasteiger partial charge in [-0.25, -0.2) is 0 Å². The summed E-state index contributed by atoms with van der Waals surface area (Å²) in [6, 6.07) is 7.49. The lowest BCUT2D eigenvalue weighted by Crippen LogP contribution is -2.04. The number of ether oxygens (including phenoxy) is 1. The van der Waals surface area contributed by atoms with Crippen molar-refractivity contribution < 1.29 is 14.6 Å². The molecule has 82 valence electrons. The van der Waals surface area contributed by atoms with Gasteiger partial charge >= 0.3 is 0 Å². The van der Waals surface area contributed by atoms with Gasteiger partial charge < -0.3 is 9.84 Å². The molecule has 0 amide bonds. The number of rotatable bonds is 6. The summed E-state index contributed by atoms with van der Waals surface area (Å²) in [6.45, 7) is 0.0671. The minimum absolute atomic E-state index is 0.0671. The molecule has 0 spiro atoms. The average Bonchev–Trinajstić information content (AvgIpc) is 2.27. The highest BCUT2D eigenvalue weighted by molar-refractivity contribution is 5.81. The second-order valence-corrected chi connectivity index (χ2v) is 3.35. The van der Waals surface area contributed by atoms with Crippen LogP contribution < -0.4 is 4.74 Å². The lowest BCUT2D eigenvalue weighted by molar-refractivity contribution is -0.118. The molecule has 0 aliphatic heterocycles. The van der Waals surface area contributed by atoms with Crippen LogP contribution >= 0.6 is 0 Å². The van der Waals surface area contributed by atoms with Crippen LogP contribution in [0.3, 0.4) is 0 Å². The maximum Gasteiger partial charge on any atom is 0.137 e. The predicted octanol–water partition coefficient (Wildman–Crippen LogP) is 1.58. The van der Waals surface area contributed by atoms with Crippen LogP contribution in [0.4, 0.5) is 0 Å². The quantitative estimate of drug-likeness (QED) is 0.772. The zero-order valence-electron chi connectivity index (χ0n) is 8.90.